The number of aromatic nitrogens is 3. The van der Waals surface area contributed by atoms with Gasteiger partial charge in [-0.15, -0.1) is 5.10 Å². The topological polar surface area (TPSA) is 68.0 Å². The van der Waals surface area contributed by atoms with E-state index < -0.39 is 5.97 Å². The van der Waals surface area contributed by atoms with Crippen LogP contribution in [0.15, 0.2) is 18.2 Å². The quantitative estimate of drug-likeness (QED) is 0.874. The van der Waals surface area contributed by atoms with E-state index in [0.717, 1.165) is 6.54 Å². The van der Waals surface area contributed by atoms with Crippen molar-refractivity contribution in [3.8, 4) is 0 Å². The van der Waals surface area contributed by atoms with Gasteiger partial charge in [-0.25, -0.2) is 9.48 Å². The van der Waals surface area contributed by atoms with E-state index in [1.54, 1.807) is 22.9 Å². The fourth-order valence-corrected chi connectivity index (χ4v) is 2.21. The van der Waals surface area contributed by atoms with Gasteiger partial charge in [-0.1, -0.05) is 18.2 Å². The SMILES string of the molecule is CC1CC1Cn1nnc2cccc(C(=O)O)c21. The molecule has 3 rings (SSSR count). The van der Waals surface area contributed by atoms with Gasteiger partial charge in [-0.2, -0.15) is 0 Å². The maximum Gasteiger partial charge on any atom is 0.337 e. The molecule has 0 amide bonds. The third kappa shape index (κ3) is 1.67. The molecule has 1 aromatic heterocycles. The molecular formula is C12H13N3O2. The van der Waals surface area contributed by atoms with E-state index >= 15 is 0 Å². The zero-order valence-corrected chi connectivity index (χ0v) is 9.50. The van der Waals surface area contributed by atoms with E-state index in [0.29, 0.717) is 22.9 Å². The van der Waals surface area contributed by atoms with Crippen LogP contribution in [0.1, 0.15) is 23.7 Å². The Labute approximate surface area is 98.0 Å². The summed E-state index contributed by atoms with van der Waals surface area (Å²) in [5, 5.41) is 17.2. The van der Waals surface area contributed by atoms with Crippen LogP contribution in [-0.4, -0.2) is 26.1 Å². The fraction of sp³-hybridized carbons (Fsp3) is 0.417. The maximum absolute atomic E-state index is 11.2. The van der Waals surface area contributed by atoms with Crippen LogP contribution in [0, 0.1) is 11.8 Å². The molecule has 1 aromatic carbocycles. The first-order valence-electron chi connectivity index (χ1n) is 5.72. The monoisotopic (exact) mass is 231 g/mol. The Bertz CT molecular complexity index is 590. The number of hydrogen-bond donors (Lipinski definition) is 1. The molecule has 17 heavy (non-hydrogen) atoms. The Kier molecular flexibility index (Phi) is 2.14. The minimum absolute atomic E-state index is 0.279. The lowest BCUT2D eigenvalue weighted by Crippen LogP contribution is -2.07. The van der Waals surface area contributed by atoms with Gasteiger partial charge >= 0.3 is 5.97 Å². The first-order chi connectivity index (χ1) is 8.16. The van der Waals surface area contributed by atoms with Crippen molar-refractivity contribution in [2.45, 2.75) is 19.9 Å². The molecule has 0 spiro atoms. The molecule has 0 saturated heterocycles. The van der Waals surface area contributed by atoms with Gasteiger partial charge in [0.05, 0.1) is 5.56 Å². The molecule has 2 unspecified atom stereocenters. The van der Waals surface area contributed by atoms with Crippen molar-refractivity contribution in [3.63, 3.8) is 0 Å². The average molecular weight is 231 g/mol. The standard InChI is InChI=1S/C12H13N3O2/c1-7-5-8(7)6-15-11-9(12(16)17)3-2-4-10(11)13-14-15/h2-4,7-8H,5-6H2,1H3,(H,16,17). The highest BCUT2D eigenvalue weighted by molar-refractivity contribution is 6.00. The van der Waals surface area contributed by atoms with Gasteiger partial charge in [0.1, 0.15) is 11.0 Å². The number of carbonyl (C=O) groups is 1. The minimum Gasteiger partial charge on any atom is -0.478 e. The van der Waals surface area contributed by atoms with Crippen LogP contribution in [0.5, 0.6) is 0 Å². The number of carboxylic acid groups (broad SMARTS) is 1. The second-order valence-electron chi connectivity index (χ2n) is 4.72. The summed E-state index contributed by atoms with van der Waals surface area (Å²) in [6, 6.07) is 5.09. The van der Waals surface area contributed by atoms with Crippen molar-refractivity contribution < 1.29 is 9.90 Å². The van der Waals surface area contributed by atoms with Crippen molar-refractivity contribution in [3.05, 3.63) is 23.8 Å². The third-order valence-electron chi connectivity index (χ3n) is 3.45. The van der Waals surface area contributed by atoms with Gasteiger partial charge in [-0.3, -0.25) is 0 Å². The number of hydrogen-bond acceptors (Lipinski definition) is 3. The lowest BCUT2D eigenvalue weighted by molar-refractivity contribution is 0.0698. The largest absolute Gasteiger partial charge is 0.478 e. The first-order valence-corrected chi connectivity index (χ1v) is 5.72. The Morgan fingerprint density at radius 1 is 1.59 bits per heavy atom. The lowest BCUT2D eigenvalue weighted by Gasteiger charge is -2.03. The van der Waals surface area contributed by atoms with Crippen molar-refractivity contribution in [1.82, 2.24) is 15.0 Å². The number of carboxylic acids is 1. The molecule has 1 saturated carbocycles. The number of aromatic carboxylic acids is 1. The van der Waals surface area contributed by atoms with Crippen LogP contribution in [0.4, 0.5) is 0 Å². The summed E-state index contributed by atoms with van der Waals surface area (Å²) >= 11 is 0. The molecule has 0 bridgehead atoms. The second kappa shape index (κ2) is 3.55. The molecule has 1 heterocycles. The molecule has 2 atom stereocenters. The van der Waals surface area contributed by atoms with Crippen LogP contribution < -0.4 is 0 Å². The Morgan fingerprint density at radius 2 is 2.35 bits per heavy atom. The Hall–Kier alpha value is -1.91. The predicted molar refractivity (Wildman–Crippen MR) is 61.8 cm³/mol. The molecule has 88 valence electrons. The van der Waals surface area contributed by atoms with Gasteiger partial charge in [0.15, 0.2) is 0 Å². The number of nitrogens with zero attached hydrogens (tertiary/aromatic N) is 3. The van der Waals surface area contributed by atoms with Crippen molar-refractivity contribution >= 4 is 17.0 Å². The Balaban J connectivity index is 2.08. The molecular weight excluding hydrogens is 218 g/mol. The summed E-state index contributed by atoms with van der Waals surface area (Å²) in [5.41, 5.74) is 1.57. The van der Waals surface area contributed by atoms with Crippen LogP contribution >= 0.6 is 0 Å². The first kappa shape index (κ1) is 10.3. The molecule has 5 nitrogen and oxygen atoms in total. The summed E-state index contributed by atoms with van der Waals surface area (Å²) in [5.74, 6) is 0.399. The highest BCUT2D eigenvalue weighted by Crippen LogP contribution is 2.39. The zero-order chi connectivity index (χ0) is 12.0. The summed E-state index contributed by atoms with van der Waals surface area (Å²) in [6.45, 7) is 2.96. The molecule has 5 heteroatoms. The molecule has 1 aliphatic rings. The van der Waals surface area contributed by atoms with E-state index in [9.17, 15) is 4.79 Å². The molecule has 1 N–H and O–H groups in total. The molecule has 0 aliphatic heterocycles. The second-order valence-corrected chi connectivity index (χ2v) is 4.72. The van der Waals surface area contributed by atoms with Crippen molar-refractivity contribution in [1.29, 1.82) is 0 Å². The van der Waals surface area contributed by atoms with Crippen molar-refractivity contribution in [2.24, 2.45) is 11.8 Å². The third-order valence-corrected chi connectivity index (χ3v) is 3.45. The molecule has 0 radical (unpaired) electrons. The van der Waals surface area contributed by atoms with E-state index in [-0.39, 0.29) is 5.56 Å². The predicted octanol–water partition coefficient (Wildman–Crippen LogP) is 1.79. The fourth-order valence-electron chi connectivity index (χ4n) is 2.21. The smallest absolute Gasteiger partial charge is 0.337 e. The van der Waals surface area contributed by atoms with Gasteiger partial charge in [0.25, 0.3) is 0 Å². The summed E-state index contributed by atoms with van der Waals surface area (Å²) in [7, 11) is 0. The number of rotatable bonds is 3. The number of fused-ring (bicyclic) bond motifs is 1. The van der Waals surface area contributed by atoms with Crippen LogP contribution in [0.2, 0.25) is 0 Å². The molecule has 1 aliphatic carbocycles. The van der Waals surface area contributed by atoms with E-state index in [4.69, 9.17) is 5.11 Å². The summed E-state index contributed by atoms with van der Waals surface area (Å²) in [6.07, 6.45) is 1.19. The minimum atomic E-state index is -0.928. The van der Waals surface area contributed by atoms with Crippen molar-refractivity contribution in [2.75, 3.05) is 0 Å². The highest BCUT2D eigenvalue weighted by atomic mass is 16.4. The summed E-state index contributed by atoms with van der Waals surface area (Å²) in [4.78, 5) is 11.2. The zero-order valence-electron chi connectivity index (χ0n) is 9.50. The van der Waals surface area contributed by atoms with Gasteiger partial charge in [0.2, 0.25) is 0 Å². The van der Waals surface area contributed by atoms with Gasteiger partial charge in [0, 0.05) is 6.54 Å². The number of para-hydroxylation sites is 1. The van der Waals surface area contributed by atoms with Gasteiger partial charge < -0.3 is 5.11 Å². The van der Waals surface area contributed by atoms with E-state index in [2.05, 4.69) is 17.2 Å². The average Bonchev–Trinajstić information content (AvgIpc) is 2.84. The van der Waals surface area contributed by atoms with Crippen LogP contribution in [0.25, 0.3) is 11.0 Å². The van der Waals surface area contributed by atoms with E-state index in [1.807, 2.05) is 0 Å². The number of benzene rings is 1. The summed E-state index contributed by atoms with van der Waals surface area (Å²) < 4.78 is 1.73. The normalized spacial score (nSPS) is 22.9. The van der Waals surface area contributed by atoms with E-state index in [1.165, 1.54) is 6.42 Å². The lowest BCUT2D eigenvalue weighted by atomic mass is 10.2. The van der Waals surface area contributed by atoms with Gasteiger partial charge in [-0.05, 0) is 30.4 Å². The molecule has 1 fully saturated rings. The highest BCUT2D eigenvalue weighted by Gasteiger charge is 2.33. The maximum atomic E-state index is 11.2. The molecule has 2 aromatic rings. The van der Waals surface area contributed by atoms with Crippen LogP contribution in [-0.2, 0) is 6.54 Å². The van der Waals surface area contributed by atoms with Crippen LogP contribution in [0.3, 0.4) is 0 Å². The Morgan fingerprint density at radius 3 is 3.00 bits per heavy atom.